The van der Waals surface area contributed by atoms with E-state index in [1.54, 1.807) is 0 Å². The number of carboxylic acids is 1. The monoisotopic (exact) mass is 1440 g/mol. The predicted molar refractivity (Wildman–Crippen MR) is 354 cm³/mol. The van der Waals surface area contributed by atoms with Gasteiger partial charge in [0, 0.05) is 41.8 Å². The van der Waals surface area contributed by atoms with Crippen molar-refractivity contribution in [1.82, 2.24) is 36.8 Å². The number of aliphatic hydroxyl groups is 6. The molecule has 2 saturated heterocycles. The Balaban J connectivity index is 1.25. The van der Waals surface area contributed by atoms with Gasteiger partial charge in [0.1, 0.15) is 89.5 Å². The quantitative estimate of drug-likeness (QED) is 0.0743. The van der Waals surface area contributed by atoms with Crippen LogP contribution in [-0.4, -0.2) is 203 Å². The molecule has 7 amide bonds. The van der Waals surface area contributed by atoms with Crippen molar-refractivity contribution < 1.29 is 118 Å². The summed E-state index contributed by atoms with van der Waals surface area (Å²) in [5.41, 5.74) is 8.51. The van der Waals surface area contributed by atoms with Crippen molar-refractivity contribution in [2.24, 2.45) is 17.4 Å². The van der Waals surface area contributed by atoms with E-state index in [0.717, 1.165) is 55.6 Å². The minimum atomic E-state index is -2.30. The van der Waals surface area contributed by atoms with Crippen molar-refractivity contribution in [1.29, 1.82) is 0 Å². The van der Waals surface area contributed by atoms with E-state index in [1.165, 1.54) is 58.2 Å². The van der Waals surface area contributed by atoms with Crippen LogP contribution in [0.2, 0.25) is 5.02 Å². The number of aryl methyl sites for hydroxylation is 1. The van der Waals surface area contributed by atoms with E-state index in [9.17, 15) is 75.0 Å². The molecule has 0 radical (unpaired) electrons. The predicted octanol–water partition coefficient (Wildman–Crippen LogP) is 0.103. The molecule has 5 aromatic carbocycles. The van der Waals surface area contributed by atoms with Crippen LogP contribution in [-0.2, 0) is 52.6 Å². The van der Waals surface area contributed by atoms with Crippen LogP contribution in [0.1, 0.15) is 111 Å². The molecule has 12 rings (SSSR count). The molecule has 4 unspecified atom stereocenters. The average Bonchev–Trinajstić information content (AvgIpc) is 0.763. The SMILES string of the molecule is CN[C@H](CC(C)C)C(=O)NC1C(=O)N[C@@H](CC(N)=O)C(=O)N[C@H]2C(=O)N(C)[C@H]3C(=O)N[C@H](C(=O)NC(C(=O)O)c4cc(O)cc(O)c4-c4cc3ccc4O)[C@H](O)c3ccc(c(C)c3)Oc3cc2cc(c3O[C@@H]2OC(CO)[C@@H](O)C(O)[C@H]2O[C@H]2C[C@](C)(N)[C@H](O)[C@H](C)O2)Oc2ccc(cc2Cl)[C@H]1O. The number of halogens is 1. The molecule has 0 saturated carbocycles. The number of amides is 7. The second-order valence-electron chi connectivity index (χ2n) is 26.5. The minimum absolute atomic E-state index is 0.0907. The molecule has 0 aliphatic carbocycles. The number of nitrogens with two attached hydrogens (primary N) is 2. The van der Waals surface area contributed by atoms with Gasteiger partial charge in [-0.25, -0.2) is 4.79 Å². The largest absolute Gasteiger partial charge is 0.508 e. The van der Waals surface area contributed by atoms with E-state index in [4.69, 9.17) is 51.5 Å². The Labute approximate surface area is 586 Å². The van der Waals surface area contributed by atoms with Gasteiger partial charge in [-0.1, -0.05) is 43.6 Å². The number of carbonyl (C=O) groups excluding carboxylic acids is 7. The average molecular weight is 1440 g/mol. The highest BCUT2D eigenvalue weighted by molar-refractivity contribution is 6.32. The third-order valence-electron chi connectivity index (χ3n) is 18.4. The summed E-state index contributed by atoms with van der Waals surface area (Å²) in [5.74, 6) is -15.1. The number of fused-ring (bicyclic) bond motifs is 15. The summed E-state index contributed by atoms with van der Waals surface area (Å²) in [6.45, 7) is 7.17. The molecule has 34 heteroatoms. The Morgan fingerprint density at radius 3 is 2.05 bits per heavy atom. The number of rotatable bonds is 13. The number of likely N-dealkylation sites (N-methyl/N-ethyl adjacent to an activating group) is 2. The van der Waals surface area contributed by atoms with Gasteiger partial charge in [0.25, 0.3) is 0 Å². The van der Waals surface area contributed by atoms with Crippen LogP contribution in [0.5, 0.6) is 46.0 Å². The van der Waals surface area contributed by atoms with Crippen LogP contribution >= 0.6 is 11.6 Å². The lowest BCUT2D eigenvalue weighted by molar-refractivity contribution is -0.333. The summed E-state index contributed by atoms with van der Waals surface area (Å²) in [4.78, 5) is 119. The number of carboxylic acid groups (broad SMARTS) is 1. The lowest BCUT2D eigenvalue weighted by atomic mass is 9.86. The molecule has 102 heavy (non-hydrogen) atoms. The first kappa shape index (κ1) is 75.2. The van der Waals surface area contributed by atoms with Gasteiger partial charge in [0.15, 0.2) is 29.9 Å². The first-order valence-electron chi connectivity index (χ1n) is 32.3. The summed E-state index contributed by atoms with van der Waals surface area (Å²) < 4.78 is 38.7. The molecule has 5 aromatic rings. The third-order valence-corrected chi connectivity index (χ3v) is 18.7. The Hall–Kier alpha value is -9.49. The summed E-state index contributed by atoms with van der Waals surface area (Å²) in [6.07, 6.45) is -18.3. The fourth-order valence-corrected chi connectivity index (χ4v) is 13.2. The molecule has 33 nitrogen and oxygen atoms in total. The van der Waals surface area contributed by atoms with Crippen LogP contribution in [0.4, 0.5) is 0 Å². The van der Waals surface area contributed by atoms with Crippen molar-refractivity contribution in [3.05, 3.63) is 117 Å². The number of ether oxygens (including phenoxy) is 6. The summed E-state index contributed by atoms with van der Waals surface area (Å²) in [5, 5.41) is 129. The number of primary amides is 1. The molecule has 7 heterocycles. The Morgan fingerprint density at radius 2 is 1.43 bits per heavy atom. The topological polar surface area (TPSA) is 522 Å². The normalized spacial score (nSPS) is 29.4. The molecule has 0 spiro atoms. The summed E-state index contributed by atoms with van der Waals surface area (Å²) >= 11 is 7.10. The van der Waals surface area contributed by atoms with Crippen molar-refractivity contribution in [2.45, 2.75) is 163 Å². The van der Waals surface area contributed by atoms with Crippen molar-refractivity contribution in [3.63, 3.8) is 0 Å². The van der Waals surface area contributed by atoms with Gasteiger partial charge in [0.05, 0.1) is 36.3 Å². The van der Waals surface area contributed by atoms with Crippen LogP contribution in [0.3, 0.4) is 0 Å². The number of nitrogens with one attached hydrogen (secondary N) is 6. The van der Waals surface area contributed by atoms with Crippen LogP contribution in [0.15, 0.2) is 78.9 Å². The third kappa shape index (κ3) is 15.5. The van der Waals surface area contributed by atoms with Gasteiger partial charge >= 0.3 is 5.97 Å². The Bertz CT molecular complexity index is 4110. The molecule has 11 bridgehead atoms. The number of aromatic hydroxyl groups is 3. The highest BCUT2D eigenvalue weighted by Gasteiger charge is 2.52. The van der Waals surface area contributed by atoms with Crippen LogP contribution in [0, 0.1) is 12.8 Å². The summed E-state index contributed by atoms with van der Waals surface area (Å²) in [7, 11) is 2.51. The number of carbonyl (C=O) groups is 8. The highest BCUT2D eigenvalue weighted by Crippen LogP contribution is 2.50. The Morgan fingerprint density at radius 1 is 0.775 bits per heavy atom. The van der Waals surface area contributed by atoms with Gasteiger partial charge in [-0.05, 0) is 123 Å². The smallest absolute Gasteiger partial charge is 0.330 e. The zero-order valence-corrected chi connectivity index (χ0v) is 56.6. The van der Waals surface area contributed by atoms with Crippen LogP contribution in [0.25, 0.3) is 11.1 Å². The van der Waals surface area contributed by atoms with E-state index in [0.29, 0.717) is 4.90 Å². The fraction of sp³-hybridized carbons (Fsp3) is 0.441. The maximum Gasteiger partial charge on any atom is 0.330 e. The maximum absolute atomic E-state index is 16.4. The number of benzene rings is 5. The van der Waals surface area contributed by atoms with E-state index in [2.05, 4.69) is 31.9 Å². The zero-order valence-electron chi connectivity index (χ0n) is 55.9. The molecule has 2 fully saturated rings. The minimum Gasteiger partial charge on any atom is -0.508 e. The van der Waals surface area contributed by atoms with Crippen molar-refractivity contribution >= 4 is 58.9 Å². The highest BCUT2D eigenvalue weighted by atomic mass is 35.5. The van der Waals surface area contributed by atoms with E-state index < -0.39 is 226 Å². The lowest BCUT2D eigenvalue weighted by Gasteiger charge is -2.47. The van der Waals surface area contributed by atoms with Gasteiger partial charge in [-0.2, -0.15) is 0 Å². The second kappa shape index (κ2) is 30.2. The number of phenolic OH excluding ortho intramolecular Hbond substituents is 3. The van der Waals surface area contributed by atoms with Gasteiger partial charge in [0.2, 0.25) is 53.4 Å². The van der Waals surface area contributed by atoms with E-state index in [1.807, 2.05) is 13.8 Å². The zero-order chi connectivity index (χ0) is 74.4. The van der Waals surface area contributed by atoms with Gasteiger partial charge in [-0.15, -0.1) is 0 Å². The first-order chi connectivity index (χ1) is 48.1. The molecular weight excluding hydrogens is 1360 g/mol. The van der Waals surface area contributed by atoms with Crippen molar-refractivity contribution in [2.75, 3.05) is 20.7 Å². The number of aliphatic hydroxyl groups excluding tert-OH is 6. The molecule has 7 aliphatic rings. The molecule has 20 N–H and O–H groups in total. The second-order valence-corrected chi connectivity index (χ2v) is 26.9. The fourth-order valence-electron chi connectivity index (χ4n) is 13.0. The number of phenols is 3. The van der Waals surface area contributed by atoms with Gasteiger partial charge < -0.3 is 128 Å². The number of hydrogen-bond donors (Lipinski definition) is 18. The van der Waals surface area contributed by atoms with E-state index >= 15 is 14.4 Å². The standard InChI is InChI=1S/C68H80ClN9O24/c1-25(2)14-36(72-6)60(89)76-50-54(85)30-10-13-41(35(69)17-30)99-43-19-31-18-42(57(43)102-67-58(56(87)55(86)44(24-79)100-67)101-46-23-68(5,71)59(88)27(4)97-46)98-40-12-9-29(15-26(40)3)53(84)51-63(92)75-49(66(95)96)34-20-32(80)21-39(82)47(34)33-16-28(8-11-38(33)81)52(64(93)77-51)78(7)65(94)48(31)74-61(90)37(22-45(70)83)73-62(50)91/h8-13,15-21,25,27,36-37,44,46,48-56,58-59,67,72,79-82,84-88H,14,22-24,71H2,1-7H3,(H2,70,83)(H,73,91)(H,74,90)(H,75,92)(H,76,89)(H,77,93)(H,95,96)/t27-,36+,37-,44?,46-,48+,49?,50?,51-,52+,53+,54+,55+,56?,58+,59+,67-,68-/m0/s1. The van der Waals surface area contributed by atoms with E-state index in [-0.39, 0.29) is 57.5 Å². The number of aliphatic carboxylic acids is 1. The molecule has 0 aromatic heterocycles. The van der Waals surface area contributed by atoms with Crippen LogP contribution < -0.4 is 57.6 Å². The molecular formula is C68H80ClN9O24. The van der Waals surface area contributed by atoms with Gasteiger partial charge in [-0.3, -0.25) is 33.6 Å². The summed E-state index contributed by atoms with van der Waals surface area (Å²) in [6, 6.07) is 0.420. The maximum atomic E-state index is 16.4. The number of hydrogen-bond acceptors (Lipinski definition) is 25. The molecule has 7 aliphatic heterocycles. The Kier molecular flexibility index (Phi) is 22.3. The number of nitrogens with zero attached hydrogens (tertiary/aromatic N) is 1. The molecule has 548 valence electrons. The van der Waals surface area contributed by atoms with Crippen molar-refractivity contribution in [3.8, 4) is 57.1 Å². The molecule has 18 atom stereocenters. The first-order valence-corrected chi connectivity index (χ1v) is 32.7. The lowest BCUT2D eigenvalue weighted by Crippen LogP contribution is -2.64.